The summed E-state index contributed by atoms with van der Waals surface area (Å²) in [5.74, 6) is 0.501. The predicted octanol–water partition coefficient (Wildman–Crippen LogP) is 1.17. The molecule has 6 heteroatoms. The minimum absolute atomic E-state index is 0. The maximum absolute atomic E-state index is 12.2. The molecule has 118 valence electrons. The Labute approximate surface area is 128 Å². The van der Waals surface area contributed by atoms with Crippen LogP contribution in [0.3, 0.4) is 0 Å². The molecule has 1 fully saturated rings. The Morgan fingerprint density at radius 2 is 2.05 bits per heavy atom. The molecular weight excluding hydrogens is 278 g/mol. The van der Waals surface area contributed by atoms with Crippen molar-refractivity contribution in [2.24, 2.45) is 5.92 Å². The van der Waals surface area contributed by atoms with Crippen molar-refractivity contribution in [1.82, 2.24) is 15.5 Å². The highest BCUT2D eigenvalue weighted by atomic mass is 35.5. The van der Waals surface area contributed by atoms with Crippen LogP contribution in [0, 0.1) is 5.92 Å². The third kappa shape index (κ3) is 7.10. The van der Waals surface area contributed by atoms with Gasteiger partial charge in [-0.05, 0) is 38.3 Å². The molecule has 0 radical (unpaired) electrons. The zero-order chi connectivity index (χ0) is 14.1. The molecule has 1 unspecified atom stereocenters. The summed E-state index contributed by atoms with van der Waals surface area (Å²) < 4.78 is 0. The monoisotopic (exact) mass is 305 g/mol. The van der Waals surface area contributed by atoms with E-state index >= 15 is 0 Å². The number of carbonyl (C=O) groups is 2. The standard InChI is InChI=1S/C14H27N3O2.ClH/c1-3-6-16-13(18)11-17(8-4-2)14(19)9-12-5-7-15-10-12;/h12,15H,3-11H2,1-2H3,(H,16,18);1H. The Kier molecular flexibility index (Phi) is 10.5. The fraction of sp³-hybridized carbons (Fsp3) is 0.857. The van der Waals surface area contributed by atoms with Crippen molar-refractivity contribution in [3.63, 3.8) is 0 Å². The van der Waals surface area contributed by atoms with Gasteiger partial charge in [-0.2, -0.15) is 0 Å². The molecule has 1 atom stereocenters. The van der Waals surface area contributed by atoms with E-state index in [2.05, 4.69) is 10.6 Å². The minimum Gasteiger partial charge on any atom is -0.355 e. The molecule has 5 nitrogen and oxygen atoms in total. The zero-order valence-electron chi connectivity index (χ0n) is 12.6. The Balaban J connectivity index is 0.00000361. The molecule has 0 aromatic carbocycles. The first-order chi connectivity index (χ1) is 9.17. The molecule has 0 aliphatic carbocycles. The molecule has 0 aromatic heterocycles. The van der Waals surface area contributed by atoms with Crippen LogP contribution >= 0.6 is 12.4 Å². The smallest absolute Gasteiger partial charge is 0.239 e. The van der Waals surface area contributed by atoms with Gasteiger partial charge >= 0.3 is 0 Å². The number of nitrogens with one attached hydrogen (secondary N) is 2. The van der Waals surface area contributed by atoms with Gasteiger partial charge in [-0.1, -0.05) is 13.8 Å². The van der Waals surface area contributed by atoms with E-state index in [1.165, 1.54) is 0 Å². The molecule has 0 saturated carbocycles. The first kappa shape index (κ1) is 19.2. The number of amides is 2. The number of halogens is 1. The molecule has 0 aromatic rings. The van der Waals surface area contributed by atoms with E-state index < -0.39 is 0 Å². The minimum atomic E-state index is -0.0480. The van der Waals surface area contributed by atoms with Gasteiger partial charge in [0.25, 0.3) is 0 Å². The third-order valence-electron chi connectivity index (χ3n) is 3.38. The second-order valence-corrected chi connectivity index (χ2v) is 5.23. The van der Waals surface area contributed by atoms with Gasteiger partial charge in [-0.15, -0.1) is 12.4 Å². The number of rotatable bonds is 8. The molecule has 1 rings (SSSR count). The summed E-state index contributed by atoms with van der Waals surface area (Å²) in [5, 5.41) is 6.09. The van der Waals surface area contributed by atoms with Crippen LogP contribution in [0.25, 0.3) is 0 Å². The van der Waals surface area contributed by atoms with Gasteiger partial charge in [0, 0.05) is 19.5 Å². The van der Waals surface area contributed by atoms with E-state index in [-0.39, 0.29) is 30.8 Å². The van der Waals surface area contributed by atoms with E-state index in [1.54, 1.807) is 4.90 Å². The van der Waals surface area contributed by atoms with Crippen LogP contribution in [-0.4, -0.2) is 49.4 Å². The average Bonchev–Trinajstić information content (AvgIpc) is 2.88. The lowest BCUT2D eigenvalue weighted by Gasteiger charge is -2.23. The Bertz CT molecular complexity index is 294. The van der Waals surface area contributed by atoms with Crippen LogP contribution in [0.1, 0.15) is 39.5 Å². The molecule has 1 aliphatic rings. The van der Waals surface area contributed by atoms with Gasteiger partial charge in [0.15, 0.2) is 0 Å². The zero-order valence-corrected chi connectivity index (χ0v) is 13.4. The van der Waals surface area contributed by atoms with Crippen LogP contribution in [-0.2, 0) is 9.59 Å². The van der Waals surface area contributed by atoms with Crippen molar-refractivity contribution >= 4 is 24.2 Å². The van der Waals surface area contributed by atoms with E-state index in [0.717, 1.165) is 32.4 Å². The number of nitrogens with zero attached hydrogens (tertiary/aromatic N) is 1. The van der Waals surface area contributed by atoms with Crippen LogP contribution in [0.5, 0.6) is 0 Å². The largest absolute Gasteiger partial charge is 0.355 e. The quantitative estimate of drug-likeness (QED) is 0.708. The van der Waals surface area contributed by atoms with Crippen LogP contribution in [0.2, 0.25) is 0 Å². The summed E-state index contributed by atoms with van der Waals surface area (Å²) >= 11 is 0. The highest BCUT2D eigenvalue weighted by Gasteiger charge is 2.22. The molecule has 0 bridgehead atoms. The molecule has 2 amide bonds. The number of carbonyl (C=O) groups excluding carboxylic acids is 2. The van der Waals surface area contributed by atoms with Crippen molar-refractivity contribution in [3.05, 3.63) is 0 Å². The molecule has 1 heterocycles. The van der Waals surface area contributed by atoms with E-state index in [4.69, 9.17) is 0 Å². The summed E-state index contributed by atoms with van der Waals surface area (Å²) in [7, 11) is 0. The Morgan fingerprint density at radius 3 is 2.60 bits per heavy atom. The normalized spacial score (nSPS) is 17.4. The van der Waals surface area contributed by atoms with Gasteiger partial charge in [0.05, 0.1) is 6.54 Å². The second kappa shape index (κ2) is 10.9. The molecule has 20 heavy (non-hydrogen) atoms. The first-order valence-electron chi connectivity index (χ1n) is 7.42. The van der Waals surface area contributed by atoms with Crippen molar-refractivity contribution in [3.8, 4) is 0 Å². The maximum Gasteiger partial charge on any atom is 0.239 e. The third-order valence-corrected chi connectivity index (χ3v) is 3.38. The Morgan fingerprint density at radius 1 is 1.30 bits per heavy atom. The van der Waals surface area contributed by atoms with Crippen molar-refractivity contribution in [2.75, 3.05) is 32.7 Å². The van der Waals surface area contributed by atoms with E-state index in [9.17, 15) is 9.59 Å². The van der Waals surface area contributed by atoms with E-state index in [1.807, 2.05) is 13.8 Å². The first-order valence-corrected chi connectivity index (χ1v) is 7.42. The summed E-state index contributed by atoms with van der Waals surface area (Å²) in [6.45, 7) is 7.52. The average molecular weight is 306 g/mol. The van der Waals surface area contributed by atoms with Gasteiger partial charge in [0.1, 0.15) is 0 Å². The number of hydrogen-bond acceptors (Lipinski definition) is 3. The second-order valence-electron chi connectivity index (χ2n) is 5.23. The topological polar surface area (TPSA) is 61.4 Å². The number of hydrogen-bond donors (Lipinski definition) is 2. The van der Waals surface area contributed by atoms with Gasteiger partial charge in [-0.25, -0.2) is 0 Å². The molecular formula is C14H28ClN3O2. The van der Waals surface area contributed by atoms with Crippen LogP contribution < -0.4 is 10.6 Å². The summed E-state index contributed by atoms with van der Waals surface area (Å²) in [4.78, 5) is 25.6. The fourth-order valence-electron chi connectivity index (χ4n) is 2.32. The SMILES string of the molecule is CCCNC(=O)CN(CCC)C(=O)CC1CCNC1.Cl. The van der Waals surface area contributed by atoms with Crippen molar-refractivity contribution in [1.29, 1.82) is 0 Å². The van der Waals surface area contributed by atoms with Crippen LogP contribution in [0.4, 0.5) is 0 Å². The molecule has 2 N–H and O–H groups in total. The van der Waals surface area contributed by atoms with Crippen LogP contribution in [0.15, 0.2) is 0 Å². The van der Waals surface area contributed by atoms with Gasteiger partial charge in [0.2, 0.25) is 11.8 Å². The summed E-state index contributed by atoms with van der Waals surface area (Å²) in [5.41, 5.74) is 0. The Hall–Kier alpha value is -0.810. The fourth-order valence-corrected chi connectivity index (χ4v) is 2.32. The lowest BCUT2D eigenvalue weighted by molar-refractivity contribution is -0.136. The van der Waals surface area contributed by atoms with E-state index in [0.29, 0.717) is 25.4 Å². The summed E-state index contributed by atoms with van der Waals surface area (Å²) in [6.07, 6.45) is 3.43. The lowest BCUT2D eigenvalue weighted by Crippen LogP contribution is -2.42. The summed E-state index contributed by atoms with van der Waals surface area (Å²) in [6, 6.07) is 0. The highest BCUT2D eigenvalue weighted by Crippen LogP contribution is 2.14. The molecule has 1 aliphatic heterocycles. The predicted molar refractivity (Wildman–Crippen MR) is 83.0 cm³/mol. The maximum atomic E-state index is 12.2. The van der Waals surface area contributed by atoms with Gasteiger partial charge in [-0.3, -0.25) is 9.59 Å². The van der Waals surface area contributed by atoms with Crippen molar-refractivity contribution in [2.45, 2.75) is 39.5 Å². The van der Waals surface area contributed by atoms with Gasteiger partial charge < -0.3 is 15.5 Å². The lowest BCUT2D eigenvalue weighted by atomic mass is 10.0. The highest BCUT2D eigenvalue weighted by molar-refractivity contribution is 5.85. The van der Waals surface area contributed by atoms with Crippen molar-refractivity contribution < 1.29 is 9.59 Å². The molecule has 1 saturated heterocycles. The molecule has 0 spiro atoms.